The third-order valence-electron chi connectivity index (χ3n) is 14.3. The molecule has 542 valence electrons. The minimum Gasteiger partial charge on any atom is -0.463 e. The van der Waals surface area contributed by atoms with Crippen LogP contribution < -0.4 is 0 Å². The highest BCUT2D eigenvalue weighted by atomic mass is 16.8. The van der Waals surface area contributed by atoms with E-state index in [9.17, 15) is 62.3 Å². The molecule has 0 saturated carbocycles. The molecule has 5 rings (SSSR count). The van der Waals surface area contributed by atoms with Crippen molar-refractivity contribution >= 4 is 77.5 Å². The predicted octanol–water partition coefficient (Wildman–Crippen LogP) is -0.587. The minimum atomic E-state index is -2.12. The molecule has 0 N–H and O–H groups in total. The molecule has 1 aromatic rings. The molecule has 1 aliphatic carbocycles. The number of hydrogen-bond donors (Lipinski definition) is 0. The van der Waals surface area contributed by atoms with E-state index >= 15 is 0 Å². The van der Waals surface area contributed by atoms with Gasteiger partial charge in [-0.25, -0.2) is 4.68 Å². The Morgan fingerprint density at radius 2 is 0.876 bits per heavy atom. The predicted molar refractivity (Wildman–Crippen MR) is 312 cm³/mol. The van der Waals surface area contributed by atoms with E-state index in [0.29, 0.717) is 19.8 Å². The van der Waals surface area contributed by atoms with Crippen molar-refractivity contribution in [2.75, 3.05) is 46.2 Å². The zero-order chi connectivity index (χ0) is 72.1. The molecule has 0 unspecified atom stereocenters. The quantitative estimate of drug-likeness (QED) is 0.0388. The van der Waals surface area contributed by atoms with Crippen molar-refractivity contribution in [1.82, 2.24) is 19.9 Å². The van der Waals surface area contributed by atoms with Crippen molar-refractivity contribution in [2.24, 2.45) is 0 Å². The summed E-state index contributed by atoms with van der Waals surface area (Å²) in [5.74, 6) is -12.9. The lowest BCUT2D eigenvalue weighted by atomic mass is 9.84. The fourth-order valence-electron chi connectivity index (χ4n) is 11.0. The van der Waals surface area contributed by atoms with E-state index in [4.69, 9.17) is 94.7 Å². The standard InChI is InChI=1S/C60H84N4O33/c1-16-78-19-20-79-18-17-63-22-42(61-62-63)24-83-58-56(92-39(14)76)53(89-36(11)73)49(44(94-58)25-81-30(5)67)97-60-57(93-40(15)77)54(90-37(12)74)50(45(95-60)26-82-31(6)68)96-59-55(91-38(13)75)51(87-34(9)71)46(27(2)84-59)64(28(3)65)43-21-41(23-80-29(4)66)47(85-32(7)69)52(88-35(10)72)48(43)86-33(8)70/h21-22,27,43-60H,16-20,23-26H2,1-15H3/t27-,43+,44-,45-,46-,47-,48+,49-,50-,51+,52+,53+,54+,55-,56-,57-,58-,59-,60-/m1/s1. The molecule has 3 fully saturated rings. The van der Waals surface area contributed by atoms with Gasteiger partial charge < -0.3 is 99.6 Å². The van der Waals surface area contributed by atoms with Crippen LogP contribution in [0.25, 0.3) is 0 Å². The smallest absolute Gasteiger partial charge is 0.303 e. The van der Waals surface area contributed by atoms with Crippen LogP contribution in [-0.2, 0) is 170 Å². The number of rotatable bonds is 31. The number of carbonyl (C=O) groups excluding carboxylic acids is 13. The minimum absolute atomic E-state index is 0.110. The average molecular weight is 1390 g/mol. The van der Waals surface area contributed by atoms with Crippen LogP contribution in [0.3, 0.4) is 0 Å². The van der Waals surface area contributed by atoms with E-state index in [1.165, 1.54) is 23.9 Å². The van der Waals surface area contributed by atoms with E-state index in [-0.39, 0.29) is 31.0 Å². The van der Waals surface area contributed by atoms with Crippen LogP contribution in [0, 0.1) is 0 Å². The summed E-state index contributed by atoms with van der Waals surface area (Å²) in [5, 5.41) is 8.19. The molecule has 97 heavy (non-hydrogen) atoms. The maximum atomic E-state index is 14.5. The van der Waals surface area contributed by atoms with Gasteiger partial charge in [-0.3, -0.25) is 62.3 Å². The molecule has 3 aliphatic heterocycles. The van der Waals surface area contributed by atoms with Gasteiger partial charge >= 0.3 is 71.6 Å². The molecule has 1 aromatic heterocycles. The lowest BCUT2D eigenvalue weighted by Gasteiger charge is -2.53. The fourth-order valence-corrected chi connectivity index (χ4v) is 11.0. The molecule has 37 heteroatoms. The molecule has 0 spiro atoms. The van der Waals surface area contributed by atoms with Crippen molar-refractivity contribution in [1.29, 1.82) is 0 Å². The van der Waals surface area contributed by atoms with Crippen molar-refractivity contribution in [2.45, 2.75) is 233 Å². The summed E-state index contributed by atoms with van der Waals surface area (Å²) >= 11 is 0. The molecule has 4 heterocycles. The van der Waals surface area contributed by atoms with Gasteiger partial charge in [-0.05, 0) is 13.8 Å². The van der Waals surface area contributed by atoms with Crippen LogP contribution in [0.2, 0.25) is 0 Å². The average Bonchev–Trinajstić information content (AvgIpc) is 0.795. The second kappa shape index (κ2) is 37.4. The van der Waals surface area contributed by atoms with Gasteiger partial charge in [-0.2, -0.15) is 0 Å². The Bertz CT molecular complexity index is 2990. The van der Waals surface area contributed by atoms with E-state index in [1.807, 2.05) is 6.92 Å². The molecule has 0 radical (unpaired) electrons. The van der Waals surface area contributed by atoms with Crippen molar-refractivity contribution in [3.8, 4) is 0 Å². The molecule has 0 bridgehead atoms. The van der Waals surface area contributed by atoms with Gasteiger partial charge in [0.05, 0.1) is 57.4 Å². The Morgan fingerprint density at radius 1 is 0.454 bits per heavy atom. The Labute approximate surface area is 556 Å². The number of nitrogens with zero attached hydrogens (tertiary/aromatic N) is 4. The number of hydrogen-bond acceptors (Lipinski definition) is 35. The summed E-state index contributed by atoms with van der Waals surface area (Å²) in [5.41, 5.74) is 0.115. The van der Waals surface area contributed by atoms with Crippen LogP contribution in [0.1, 0.15) is 110 Å². The second-order valence-corrected chi connectivity index (χ2v) is 22.2. The highest BCUT2D eigenvalue weighted by Gasteiger charge is 2.61. The summed E-state index contributed by atoms with van der Waals surface area (Å²) in [6, 6.07) is -3.38. The first-order valence-electron chi connectivity index (χ1n) is 30.6. The van der Waals surface area contributed by atoms with Gasteiger partial charge in [0, 0.05) is 102 Å². The van der Waals surface area contributed by atoms with Crippen molar-refractivity contribution < 1.29 is 157 Å². The molecule has 37 nitrogen and oxygen atoms in total. The van der Waals surface area contributed by atoms with E-state index in [0.717, 1.165) is 94.9 Å². The molecule has 3 saturated heterocycles. The normalized spacial score (nSPS) is 29.1. The highest BCUT2D eigenvalue weighted by molar-refractivity contribution is 5.76. The highest BCUT2D eigenvalue weighted by Crippen LogP contribution is 2.41. The van der Waals surface area contributed by atoms with Crippen LogP contribution >= 0.6 is 0 Å². The van der Waals surface area contributed by atoms with Crippen LogP contribution in [0.4, 0.5) is 0 Å². The van der Waals surface area contributed by atoms with E-state index in [2.05, 4.69) is 10.3 Å². The SMILES string of the molecule is CCOCCOCCn1cc(CO[C@@H]2O[C@H](COC(C)=O)[C@@H](O[C@H]3O[C@H](COC(C)=O)[C@@H](O[C@H]4O[C@H](C)[C@@H](N(C(C)=O)[C@H]5C=C(COC(C)=O)[C@@H](OC(C)=O)[C@H](OC(C)=O)[C@H]5OC(C)=O)[C@H](OC(C)=O)[C@H]4OC(C)=O)[C@H](OC(C)=O)[C@H]3OC(C)=O)[C@H](OC(C)=O)[C@H]2OC(C)=O)nn1. The topological polar surface area (TPSA) is 440 Å². The van der Waals surface area contributed by atoms with Crippen molar-refractivity contribution in [3.63, 3.8) is 0 Å². The fraction of sp³-hybridized carbons (Fsp3) is 0.717. The zero-order valence-corrected chi connectivity index (χ0v) is 56.2. The molecule has 0 aromatic carbocycles. The second-order valence-electron chi connectivity index (χ2n) is 22.2. The van der Waals surface area contributed by atoms with E-state index < -0.39 is 214 Å². The largest absolute Gasteiger partial charge is 0.463 e. The first kappa shape index (κ1) is 79.4. The number of ether oxygens (including phenoxy) is 20. The number of amides is 1. The molecule has 1 amide bonds. The maximum absolute atomic E-state index is 14.5. The van der Waals surface area contributed by atoms with Crippen LogP contribution in [-0.4, -0.2) is 260 Å². The lowest BCUT2D eigenvalue weighted by Crippen LogP contribution is -2.71. The Balaban J connectivity index is 1.65. The van der Waals surface area contributed by atoms with Gasteiger partial charge in [0.2, 0.25) is 5.91 Å². The third kappa shape index (κ3) is 23.7. The molecule has 19 atom stereocenters. The van der Waals surface area contributed by atoms with Crippen molar-refractivity contribution in [3.05, 3.63) is 23.5 Å². The maximum Gasteiger partial charge on any atom is 0.303 e. The van der Waals surface area contributed by atoms with Crippen LogP contribution in [0.5, 0.6) is 0 Å². The molecular weight excluding hydrogens is 1300 g/mol. The van der Waals surface area contributed by atoms with Gasteiger partial charge in [0.15, 0.2) is 73.8 Å². The summed E-state index contributed by atoms with van der Waals surface area (Å²) in [7, 11) is 0. The summed E-state index contributed by atoms with van der Waals surface area (Å²) < 4.78 is 119. The zero-order valence-electron chi connectivity index (χ0n) is 56.2. The van der Waals surface area contributed by atoms with Gasteiger partial charge in [0.1, 0.15) is 49.9 Å². The first-order chi connectivity index (χ1) is 45.7. The van der Waals surface area contributed by atoms with Gasteiger partial charge in [-0.1, -0.05) is 11.3 Å². The molecular formula is C60H84N4O33. The number of carbonyl (C=O) groups is 13. The van der Waals surface area contributed by atoms with Gasteiger partial charge in [0.25, 0.3) is 0 Å². The number of aromatic nitrogens is 3. The Hall–Kier alpha value is -8.33. The van der Waals surface area contributed by atoms with E-state index in [1.54, 1.807) is 0 Å². The Morgan fingerprint density at radius 3 is 1.35 bits per heavy atom. The summed E-state index contributed by atoms with van der Waals surface area (Å²) in [6.07, 6.45) is -28.9. The van der Waals surface area contributed by atoms with Gasteiger partial charge in [-0.15, -0.1) is 5.10 Å². The monoisotopic (exact) mass is 1390 g/mol. The lowest BCUT2D eigenvalue weighted by molar-refractivity contribution is -0.378. The summed E-state index contributed by atoms with van der Waals surface area (Å²) in [4.78, 5) is 172. The number of esters is 12. The molecule has 4 aliphatic rings. The van der Waals surface area contributed by atoms with Crippen LogP contribution in [0.15, 0.2) is 17.8 Å². The Kier molecular flexibility index (Phi) is 30.6. The summed E-state index contributed by atoms with van der Waals surface area (Å²) in [6.45, 7) is 15.1. The third-order valence-corrected chi connectivity index (χ3v) is 14.3. The first-order valence-corrected chi connectivity index (χ1v) is 30.6.